The van der Waals surface area contributed by atoms with Crippen molar-refractivity contribution in [3.05, 3.63) is 34.6 Å². The maximum atomic E-state index is 13.4. The van der Waals surface area contributed by atoms with Gasteiger partial charge >= 0.3 is 0 Å². The van der Waals surface area contributed by atoms with Crippen molar-refractivity contribution in [2.24, 2.45) is 5.92 Å². The molecule has 1 N–H and O–H groups in total. The van der Waals surface area contributed by atoms with Crippen molar-refractivity contribution < 1.29 is 4.39 Å². The first kappa shape index (κ1) is 13.8. The molecule has 0 amide bonds. The zero-order valence-electron chi connectivity index (χ0n) is 9.59. The second kappa shape index (κ2) is 7.15. The zero-order valence-corrected chi connectivity index (χ0v) is 11.2. The molecular weight excluding hydrogens is 245 g/mol. The van der Waals surface area contributed by atoms with Gasteiger partial charge in [0.2, 0.25) is 0 Å². The van der Waals surface area contributed by atoms with Gasteiger partial charge in [0.15, 0.2) is 0 Å². The SMILES string of the molecule is CSCC(C)CNCc1ccc(Cl)cc1F. The van der Waals surface area contributed by atoms with Gasteiger partial charge in [-0.3, -0.25) is 0 Å². The highest BCUT2D eigenvalue weighted by atomic mass is 35.5. The number of hydrogen-bond acceptors (Lipinski definition) is 2. The zero-order chi connectivity index (χ0) is 12.0. The molecule has 0 aliphatic rings. The number of benzene rings is 1. The summed E-state index contributed by atoms with van der Waals surface area (Å²) in [6.07, 6.45) is 2.09. The molecule has 0 saturated heterocycles. The van der Waals surface area contributed by atoms with E-state index in [1.165, 1.54) is 6.07 Å². The van der Waals surface area contributed by atoms with E-state index in [4.69, 9.17) is 11.6 Å². The Kier molecular flexibility index (Phi) is 6.17. The minimum Gasteiger partial charge on any atom is -0.312 e. The van der Waals surface area contributed by atoms with Crippen molar-refractivity contribution in [3.8, 4) is 0 Å². The molecule has 1 rings (SSSR count). The third-order valence-electron chi connectivity index (χ3n) is 2.27. The summed E-state index contributed by atoms with van der Waals surface area (Å²) in [5.74, 6) is 1.48. The van der Waals surface area contributed by atoms with Gasteiger partial charge in [0, 0.05) is 17.1 Å². The largest absolute Gasteiger partial charge is 0.312 e. The summed E-state index contributed by atoms with van der Waals surface area (Å²) in [6.45, 7) is 3.65. The van der Waals surface area contributed by atoms with Crippen LogP contribution in [0.15, 0.2) is 18.2 Å². The summed E-state index contributed by atoms with van der Waals surface area (Å²) in [5, 5.41) is 3.69. The molecule has 0 aliphatic carbocycles. The minimum absolute atomic E-state index is 0.238. The predicted octanol–water partition coefficient (Wildman–Crippen LogP) is 3.57. The van der Waals surface area contributed by atoms with E-state index in [9.17, 15) is 4.39 Å². The lowest BCUT2D eigenvalue weighted by Gasteiger charge is -2.11. The van der Waals surface area contributed by atoms with E-state index in [0.717, 1.165) is 12.3 Å². The van der Waals surface area contributed by atoms with Crippen LogP contribution in [0.25, 0.3) is 0 Å². The van der Waals surface area contributed by atoms with E-state index in [0.29, 0.717) is 23.0 Å². The molecule has 0 bridgehead atoms. The summed E-state index contributed by atoms with van der Waals surface area (Å²) in [6, 6.07) is 4.79. The topological polar surface area (TPSA) is 12.0 Å². The van der Waals surface area contributed by atoms with Crippen LogP contribution in [-0.4, -0.2) is 18.6 Å². The highest BCUT2D eigenvalue weighted by Crippen LogP contribution is 2.14. The van der Waals surface area contributed by atoms with Crippen molar-refractivity contribution in [2.75, 3.05) is 18.6 Å². The Morgan fingerprint density at radius 1 is 1.50 bits per heavy atom. The van der Waals surface area contributed by atoms with Crippen molar-refractivity contribution in [2.45, 2.75) is 13.5 Å². The van der Waals surface area contributed by atoms with Gasteiger partial charge in [0.25, 0.3) is 0 Å². The van der Waals surface area contributed by atoms with Crippen molar-refractivity contribution >= 4 is 23.4 Å². The maximum absolute atomic E-state index is 13.4. The van der Waals surface area contributed by atoms with E-state index in [-0.39, 0.29) is 5.82 Å². The van der Waals surface area contributed by atoms with Crippen LogP contribution in [0, 0.1) is 11.7 Å². The lowest BCUT2D eigenvalue weighted by molar-refractivity contribution is 0.540. The Morgan fingerprint density at radius 2 is 2.25 bits per heavy atom. The molecule has 16 heavy (non-hydrogen) atoms. The molecule has 1 atom stereocenters. The average Bonchev–Trinajstić information content (AvgIpc) is 2.22. The molecule has 0 heterocycles. The highest BCUT2D eigenvalue weighted by Gasteiger charge is 2.04. The van der Waals surface area contributed by atoms with Gasteiger partial charge in [-0.2, -0.15) is 11.8 Å². The van der Waals surface area contributed by atoms with Crippen LogP contribution in [0.4, 0.5) is 4.39 Å². The van der Waals surface area contributed by atoms with Gasteiger partial charge in [-0.25, -0.2) is 4.39 Å². The summed E-state index contributed by atoms with van der Waals surface area (Å²) >= 11 is 7.51. The smallest absolute Gasteiger partial charge is 0.129 e. The quantitative estimate of drug-likeness (QED) is 0.840. The monoisotopic (exact) mass is 261 g/mol. The third-order valence-corrected chi connectivity index (χ3v) is 3.41. The Labute approximate surface area is 106 Å². The summed E-state index contributed by atoms with van der Waals surface area (Å²) in [4.78, 5) is 0. The van der Waals surface area contributed by atoms with Crippen LogP contribution in [0.5, 0.6) is 0 Å². The molecule has 1 unspecified atom stereocenters. The van der Waals surface area contributed by atoms with E-state index < -0.39 is 0 Å². The number of hydrogen-bond donors (Lipinski definition) is 1. The van der Waals surface area contributed by atoms with Crippen LogP contribution < -0.4 is 5.32 Å². The molecule has 1 aromatic rings. The molecule has 0 radical (unpaired) electrons. The fraction of sp³-hybridized carbons (Fsp3) is 0.500. The summed E-state index contributed by atoms with van der Waals surface area (Å²) in [7, 11) is 0. The fourth-order valence-electron chi connectivity index (χ4n) is 1.46. The first-order chi connectivity index (χ1) is 7.63. The first-order valence-electron chi connectivity index (χ1n) is 5.27. The van der Waals surface area contributed by atoms with Gasteiger partial charge in [-0.1, -0.05) is 24.6 Å². The highest BCUT2D eigenvalue weighted by molar-refractivity contribution is 7.98. The Bertz CT molecular complexity index is 333. The molecule has 0 fully saturated rings. The first-order valence-corrected chi connectivity index (χ1v) is 7.04. The fourth-order valence-corrected chi connectivity index (χ4v) is 2.31. The summed E-state index contributed by atoms with van der Waals surface area (Å²) in [5.41, 5.74) is 0.667. The number of rotatable bonds is 6. The lowest BCUT2D eigenvalue weighted by atomic mass is 10.2. The number of nitrogens with one attached hydrogen (secondary N) is 1. The molecule has 1 nitrogen and oxygen atoms in total. The Morgan fingerprint density at radius 3 is 2.88 bits per heavy atom. The molecule has 4 heteroatoms. The van der Waals surface area contributed by atoms with E-state index >= 15 is 0 Å². The predicted molar refractivity (Wildman–Crippen MR) is 70.7 cm³/mol. The van der Waals surface area contributed by atoms with Crippen LogP contribution in [0.3, 0.4) is 0 Å². The molecule has 0 aliphatic heterocycles. The van der Waals surface area contributed by atoms with Gasteiger partial charge in [-0.15, -0.1) is 0 Å². The summed E-state index contributed by atoms with van der Waals surface area (Å²) < 4.78 is 13.4. The van der Waals surface area contributed by atoms with Crippen LogP contribution in [-0.2, 0) is 6.54 Å². The lowest BCUT2D eigenvalue weighted by Crippen LogP contribution is -2.22. The van der Waals surface area contributed by atoms with Gasteiger partial charge in [0.1, 0.15) is 5.82 Å². The molecular formula is C12H17ClFNS. The normalized spacial score (nSPS) is 12.8. The second-order valence-electron chi connectivity index (χ2n) is 3.93. The number of thioether (sulfide) groups is 1. The Hall–Kier alpha value is -0.250. The van der Waals surface area contributed by atoms with Crippen molar-refractivity contribution in [1.82, 2.24) is 5.32 Å². The third kappa shape index (κ3) is 4.73. The molecule has 0 saturated carbocycles. The van der Waals surface area contributed by atoms with Gasteiger partial charge in [-0.05, 0) is 36.6 Å². The number of halogens is 2. The minimum atomic E-state index is -0.238. The van der Waals surface area contributed by atoms with Crippen LogP contribution >= 0.6 is 23.4 Å². The molecule has 0 aromatic heterocycles. The van der Waals surface area contributed by atoms with Crippen LogP contribution in [0.1, 0.15) is 12.5 Å². The molecule has 1 aromatic carbocycles. The molecule has 0 spiro atoms. The van der Waals surface area contributed by atoms with E-state index in [2.05, 4.69) is 18.5 Å². The average molecular weight is 262 g/mol. The second-order valence-corrected chi connectivity index (χ2v) is 5.27. The standard InChI is InChI=1S/C12H17ClFNS/c1-9(8-16-2)6-15-7-10-3-4-11(13)5-12(10)14/h3-5,9,15H,6-8H2,1-2H3. The molecule has 90 valence electrons. The van der Waals surface area contributed by atoms with E-state index in [1.807, 2.05) is 11.8 Å². The van der Waals surface area contributed by atoms with Crippen molar-refractivity contribution in [3.63, 3.8) is 0 Å². The Balaban J connectivity index is 2.37. The van der Waals surface area contributed by atoms with Gasteiger partial charge in [0.05, 0.1) is 0 Å². The maximum Gasteiger partial charge on any atom is 0.129 e. The van der Waals surface area contributed by atoms with E-state index in [1.54, 1.807) is 12.1 Å². The van der Waals surface area contributed by atoms with Gasteiger partial charge < -0.3 is 5.32 Å². The van der Waals surface area contributed by atoms with Crippen molar-refractivity contribution in [1.29, 1.82) is 0 Å². The van der Waals surface area contributed by atoms with Crippen LogP contribution in [0.2, 0.25) is 5.02 Å².